The number of likely N-dealkylation sites (tertiary alicyclic amines) is 1. The Hall–Kier alpha value is -2.25. The molecule has 0 saturated carbocycles. The molecular weight excluding hydrogens is 360 g/mol. The molecule has 2 fully saturated rings. The van der Waals surface area contributed by atoms with E-state index in [9.17, 15) is 9.59 Å². The summed E-state index contributed by atoms with van der Waals surface area (Å²) in [5.41, 5.74) is 2.57. The number of piperazine rings is 1. The molecule has 4 rings (SSSR count). The van der Waals surface area contributed by atoms with Crippen LogP contribution >= 0.6 is 11.3 Å². The van der Waals surface area contributed by atoms with Gasteiger partial charge in [-0.2, -0.15) is 0 Å². The summed E-state index contributed by atoms with van der Waals surface area (Å²) in [6.45, 7) is 5.30. The lowest BCUT2D eigenvalue weighted by Crippen LogP contribution is -2.57. The summed E-state index contributed by atoms with van der Waals surface area (Å²) in [4.78, 5) is 33.7. The summed E-state index contributed by atoms with van der Waals surface area (Å²) in [6.07, 6.45) is 1.90. The molecule has 0 radical (unpaired) electrons. The van der Waals surface area contributed by atoms with Crippen molar-refractivity contribution in [3.05, 3.63) is 40.2 Å². The number of piperidine rings is 1. The third kappa shape index (κ3) is 3.89. The van der Waals surface area contributed by atoms with Crippen molar-refractivity contribution in [2.24, 2.45) is 0 Å². The third-order valence-electron chi connectivity index (χ3n) is 5.27. The molecule has 2 aliphatic heterocycles. The van der Waals surface area contributed by atoms with E-state index in [0.717, 1.165) is 48.7 Å². The average Bonchev–Trinajstić information content (AvgIpc) is 3.14. The molecular formula is C20H24N4O2S. The van der Waals surface area contributed by atoms with Gasteiger partial charge in [0.15, 0.2) is 0 Å². The number of thiazole rings is 1. The van der Waals surface area contributed by atoms with Gasteiger partial charge in [-0.05, 0) is 31.9 Å². The fourth-order valence-electron chi connectivity index (χ4n) is 3.89. The molecule has 0 spiro atoms. The van der Waals surface area contributed by atoms with E-state index in [1.54, 1.807) is 11.3 Å². The number of nitrogens with one attached hydrogen (secondary N) is 1. The molecule has 0 bridgehead atoms. The lowest BCUT2D eigenvalue weighted by molar-refractivity contribution is -0.135. The van der Waals surface area contributed by atoms with Gasteiger partial charge in [-0.15, -0.1) is 11.3 Å². The maximum atomic E-state index is 13.1. The first-order valence-electron chi connectivity index (χ1n) is 9.44. The number of benzene rings is 1. The minimum Gasteiger partial charge on any atom is -0.337 e. The standard InChI is InChI=1S/C20H24N4O2S/c1-14-22-18(13-27-14)15-4-2-5-16(10-15)20(26)23-8-3-6-17(12-23)24-9-7-21-11-19(24)25/h2,4-5,10,13,17,21H,3,6-9,11-12H2,1H3. The van der Waals surface area contributed by atoms with E-state index in [4.69, 9.17) is 0 Å². The smallest absolute Gasteiger partial charge is 0.253 e. The molecule has 2 aliphatic rings. The van der Waals surface area contributed by atoms with Crippen molar-refractivity contribution in [2.45, 2.75) is 25.8 Å². The topological polar surface area (TPSA) is 65.5 Å². The van der Waals surface area contributed by atoms with Crippen LogP contribution in [0.25, 0.3) is 11.3 Å². The highest BCUT2D eigenvalue weighted by atomic mass is 32.1. The quantitative estimate of drug-likeness (QED) is 0.881. The Bertz CT molecular complexity index is 850. The highest BCUT2D eigenvalue weighted by Gasteiger charge is 2.32. The summed E-state index contributed by atoms with van der Waals surface area (Å²) < 4.78 is 0. The summed E-state index contributed by atoms with van der Waals surface area (Å²) in [7, 11) is 0. The van der Waals surface area contributed by atoms with E-state index in [2.05, 4.69) is 10.3 Å². The van der Waals surface area contributed by atoms with E-state index in [-0.39, 0.29) is 17.9 Å². The molecule has 2 aromatic rings. The van der Waals surface area contributed by atoms with Crippen molar-refractivity contribution in [1.82, 2.24) is 20.1 Å². The van der Waals surface area contributed by atoms with Gasteiger partial charge in [0.05, 0.1) is 17.2 Å². The van der Waals surface area contributed by atoms with Gasteiger partial charge in [0.25, 0.3) is 5.91 Å². The second kappa shape index (κ2) is 7.78. The van der Waals surface area contributed by atoms with Crippen LogP contribution in [0.4, 0.5) is 0 Å². The van der Waals surface area contributed by atoms with Crippen molar-refractivity contribution in [3.8, 4) is 11.3 Å². The zero-order valence-electron chi connectivity index (χ0n) is 15.5. The largest absolute Gasteiger partial charge is 0.337 e. The van der Waals surface area contributed by atoms with Gasteiger partial charge in [0.1, 0.15) is 0 Å². The zero-order valence-corrected chi connectivity index (χ0v) is 16.3. The first-order valence-corrected chi connectivity index (χ1v) is 10.3. The van der Waals surface area contributed by atoms with Crippen LogP contribution in [0.15, 0.2) is 29.6 Å². The Balaban J connectivity index is 1.50. The Morgan fingerprint density at radius 2 is 2.22 bits per heavy atom. The van der Waals surface area contributed by atoms with Gasteiger partial charge in [-0.1, -0.05) is 12.1 Å². The van der Waals surface area contributed by atoms with E-state index in [1.807, 2.05) is 46.4 Å². The summed E-state index contributed by atoms with van der Waals surface area (Å²) in [5, 5.41) is 6.14. The minimum absolute atomic E-state index is 0.0380. The molecule has 1 aromatic carbocycles. The van der Waals surface area contributed by atoms with Crippen LogP contribution in [-0.4, -0.2) is 65.4 Å². The fourth-order valence-corrected chi connectivity index (χ4v) is 4.51. The highest BCUT2D eigenvalue weighted by molar-refractivity contribution is 7.09. The van der Waals surface area contributed by atoms with Gasteiger partial charge in [-0.25, -0.2) is 4.98 Å². The molecule has 0 aliphatic carbocycles. The summed E-state index contributed by atoms with van der Waals surface area (Å²) >= 11 is 1.61. The average molecular weight is 385 g/mol. The van der Waals surface area contributed by atoms with E-state index in [1.165, 1.54) is 0 Å². The van der Waals surface area contributed by atoms with Gasteiger partial charge >= 0.3 is 0 Å². The Morgan fingerprint density at radius 3 is 3.00 bits per heavy atom. The van der Waals surface area contributed by atoms with Crippen LogP contribution < -0.4 is 5.32 Å². The second-order valence-electron chi connectivity index (χ2n) is 7.14. The van der Waals surface area contributed by atoms with Gasteiger partial charge in [0.2, 0.25) is 5.91 Å². The molecule has 27 heavy (non-hydrogen) atoms. The lowest BCUT2D eigenvalue weighted by Gasteiger charge is -2.41. The van der Waals surface area contributed by atoms with Crippen molar-refractivity contribution in [1.29, 1.82) is 0 Å². The number of aryl methyl sites for hydroxylation is 1. The SMILES string of the molecule is Cc1nc(-c2cccc(C(=O)N3CCCC(N4CCNCC4=O)C3)c2)cs1. The molecule has 3 heterocycles. The molecule has 1 unspecified atom stereocenters. The van der Waals surface area contributed by atoms with Crippen molar-refractivity contribution in [2.75, 3.05) is 32.7 Å². The molecule has 2 saturated heterocycles. The number of aromatic nitrogens is 1. The fraction of sp³-hybridized carbons (Fsp3) is 0.450. The number of rotatable bonds is 3. The maximum Gasteiger partial charge on any atom is 0.253 e. The maximum absolute atomic E-state index is 13.1. The number of carbonyl (C=O) groups is 2. The molecule has 1 aromatic heterocycles. The first-order chi connectivity index (χ1) is 13.1. The van der Waals surface area contributed by atoms with Crippen LogP contribution in [0.3, 0.4) is 0 Å². The van der Waals surface area contributed by atoms with Crippen LogP contribution in [0.5, 0.6) is 0 Å². The van der Waals surface area contributed by atoms with Gasteiger partial charge in [-0.3, -0.25) is 9.59 Å². The van der Waals surface area contributed by atoms with Crippen LogP contribution in [0, 0.1) is 6.92 Å². The van der Waals surface area contributed by atoms with Crippen molar-refractivity contribution < 1.29 is 9.59 Å². The molecule has 6 nitrogen and oxygen atoms in total. The highest BCUT2D eigenvalue weighted by Crippen LogP contribution is 2.24. The number of carbonyl (C=O) groups excluding carboxylic acids is 2. The Kier molecular flexibility index (Phi) is 5.22. The van der Waals surface area contributed by atoms with E-state index in [0.29, 0.717) is 18.7 Å². The third-order valence-corrected chi connectivity index (χ3v) is 6.05. The Morgan fingerprint density at radius 1 is 1.33 bits per heavy atom. The second-order valence-corrected chi connectivity index (χ2v) is 8.21. The van der Waals surface area contributed by atoms with E-state index >= 15 is 0 Å². The normalized spacial score (nSPS) is 20.8. The zero-order chi connectivity index (χ0) is 18.8. The predicted molar refractivity (Wildman–Crippen MR) is 106 cm³/mol. The van der Waals surface area contributed by atoms with Gasteiger partial charge < -0.3 is 15.1 Å². The summed E-state index contributed by atoms with van der Waals surface area (Å²) in [6, 6.07) is 7.82. The molecule has 1 atom stereocenters. The van der Waals surface area contributed by atoms with Crippen molar-refractivity contribution in [3.63, 3.8) is 0 Å². The predicted octanol–water partition coefficient (Wildman–Crippen LogP) is 2.15. The molecule has 2 amide bonds. The minimum atomic E-state index is 0.0380. The monoisotopic (exact) mass is 384 g/mol. The van der Waals surface area contributed by atoms with Crippen LogP contribution in [-0.2, 0) is 4.79 Å². The molecule has 142 valence electrons. The molecule has 7 heteroatoms. The first kappa shape index (κ1) is 18.1. The number of amides is 2. The van der Waals surface area contributed by atoms with Gasteiger partial charge in [0, 0.05) is 48.7 Å². The summed E-state index contributed by atoms with van der Waals surface area (Å²) in [5.74, 6) is 0.178. The van der Waals surface area contributed by atoms with Crippen LogP contribution in [0.2, 0.25) is 0 Å². The molecule has 1 N–H and O–H groups in total. The lowest BCUT2D eigenvalue weighted by atomic mass is 10.0. The van der Waals surface area contributed by atoms with Crippen LogP contribution in [0.1, 0.15) is 28.2 Å². The Labute approximate surface area is 163 Å². The number of nitrogens with zero attached hydrogens (tertiary/aromatic N) is 3. The number of hydrogen-bond acceptors (Lipinski definition) is 5. The number of hydrogen-bond donors (Lipinski definition) is 1. The van der Waals surface area contributed by atoms with E-state index < -0.39 is 0 Å². The van der Waals surface area contributed by atoms with Crippen molar-refractivity contribution >= 4 is 23.2 Å².